The molecular formula is C13H30N2O3. The minimum atomic E-state index is -0.450. The van der Waals surface area contributed by atoms with E-state index in [9.17, 15) is 4.79 Å². The molecule has 0 fully saturated rings. The molecule has 3 N–H and O–H groups in total. The van der Waals surface area contributed by atoms with Gasteiger partial charge in [0.15, 0.2) is 0 Å². The Bertz CT molecular complexity index is 203. The first-order valence-corrected chi connectivity index (χ1v) is 6.40. The molecule has 18 heavy (non-hydrogen) atoms. The fourth-order valence-electron chi connectivity index (χ4n) is 1.17. The van der Waals surface area contributed by atoms with Crippen molar-refractivity contribution in [3.8, 4) is 0 Å². The summed E-state index contributed by atoms with van der Waals surface area (Å²) in [5.41, 5.74) is 5.10. The van der Waals surface area contributed by atoms with Crippen LogP contribution in [-0.4, -0.2) is 38.5 Å². The SMILES string of the molecule is CCCCC(CN)NC(=O)OC(C)(C)C.COC. The van der Waals surface area contributed by atoms with Crippen molar-refractivity contribution in [3.63, 3.8) is 0 Å². The third-order valence-corrected chi connectivity index (χ3v) is 1.91. The zero-order chi connectivity index (χ0) is 14.6. The van der Waals surface area contributed by atoms with Crippen LogP contribution in [-0.2, 0) is 9.47 Å². The first-order chi connectivity index (χ1) is 8.30. The molecule has 0 aliphatic heterocycles. The maximum absolute atomic E-state index is 11.4. The average molecular weight is 262 g/mol. The quantitative estimate of drug-likeness (QED) is 0.797. The van der Waals surface area contributed by atoms with Crippen molar-refractivity contribution in [2.75, 3.05) is 20.8 Å². The zero-order valence-corrected chi connectivity index (χ0v) is 12.7. The molecule has 5 heteroatoms. The predicted octanol–water partition coefficient (Wildman–Crippen LogP) is 2.29. The second kappa shape index (κ2) is 11.3. The lowest BCUT2D eigenvalue weighted by Crippen LogP contribution is -2.42. The number of alkyl carbamates (subject to hydrolysis) is 1. The van der Waals surface area contributed by atoms with Gasteiger partial charge < -0.3 is 20.5 Å². The second-order valence-electron chi connectivity index (χ2n) is 5.13. The van der Waals surface area contributed by atoms with Crippen LogP contribution in [0.2, 0.25) is 0 Å². The van der Waals surface area contributed by atoms with Gasteiger partial charge in [0.1, 0.15) is 5.60 Å². The Morgan fingerprint density at radius 3 is 2.17 bits per heavy atom. The van der Waals surface area contributed by atoms with Gasteiger partial charge in [0, 0.05) is 26.8 Å². The van der Waals surface area contributed by atoms with E-state index in [-0.39, 0.29) is 12.1 Å². The summed E-state index contributed by atoms with van der Waals surface area (Å²) in [5, 5.41) is 2.77. The highest BCUT2D eigenvalue weighted by Crippen LogP contribution is 2.07. The third kappa shape index (κ3) is 15.2. The number of carbonyl (C=O) groups is 1. The molecule has 0 aromatic rings. The lowest BCUT2D eigenvalue weighted by atomic mass is 10.1. The van der Waals surface area contributed by atoms with Gasteiger partial charge in [-0.05, 0) is 27.2 Å². The summed E-state index contributed by atoms with van der Waals surface area (Å²) in [6, 6.07) is 0.0276. The number of hydrogen-bond acceptors (Lipinski definition) is 4. The van der Waals surface area contributed by atoms with Gasteiger partial charge in [-0.2, -0.15) is 0 Å². The molecule has 0 aliphatic carbocycles. The Hall–Kier alpha value is -0.810. The molecule has 0 aromatic heterocycles. The standard InChI is InChI=1S/C11H24N2O2.C2H6O/c1-5-6-7-9(8-12)13-10(14)15-11(2,3)4;1-3-2/h9H,5-8,12H2,1-4H3,(H,13,14);1-2H3. The van der Waals surface area contributed by atoms with Crippen LogP contribution in [0.1, 0.15) is 47.0 Å². The molecular weight excluding hydrogens is 232 g/mol. The Balaban J connectivity index is 0. The lowest BCUT2D eigenvalue weighted by Gasteiger charge is -2.22. The van der Waals surface area contributed by atoms with Crippen molar-refractivity contribution in [2.45, 2.75) is 58.6 Å². The number of rotatable bonds is 5. The van der Waals surface area contributed by atoms with Crippen molar-refractivity contribution in [1.29, 1.82) is 0 Å². The first-order valence-electron chi connectivity index (χ1n) is 6.40. The normalized spacial score (nSPS) is 12.2. The van der Waals surface area contributed by atoms with Crippen molar-refractivity contribution >= 4 is 6.09 Å². The minimum absolute atomic E-state index is 0.0276. The average Bonchev–Trinajstić information content (AvgIpc) is 2.22. The molecule has 5 nitrogen and oxygen atoms in total. The summed E-state index contributed by atoms with van der Waals surface area (Å²) in [6.07, 6.45) is 2.70. The number of nitrogens with two attached hydrogens (primary N) is 1. The van der Waals surface area contributed by atoms with Gasteiger partial charge in [-0.3, -0.25) is 0 Å². The molecule has 0 heterocycles. The largest absolute Gasteiger partial charge is 0.444 e. The van der Waals surface area contributed by atoms with Gasteiger partial charge in [-0.15, -0.1) is 0 Å². The summed E-state index contributed by atoms with van der Waals surface area (Å²) >= 11 is 0. The molecule has 0 aromatic carbocycles. The van der Waals surface area contributed by atoms with Gasteiger partial charge in [0.25, 0.3) is 0 Å². The number of methoxy groups -OCH3 is 1. The van der Waals surface area contributed by atoms with Crippen molar-refractivity contribution in [2.24, 2.45) is 5.73 Å². The van der Waals surface area contributed by atoms with Crippen LogP contribution < -0.4 is 11.1 Å². The third-order valence-electron chi connectivity index (χ3n) is 1.91. The van der Waals surface area contributed by atoms with Crippen LogP contribution in [0.25, 0.3) is 0 Å². The van der Waals surface area contributed by atoms with E-state index in [2.05, 4.69) is 17.0 Å². The Morgan fingerprint density at radius 1 is 1.33 bits per heavy atom. The van der Waals surface area contributed by atoms with E-state index in [1.165, 1.54) is 0 Å². The fourth-order valence-corrected chi connectivity index (χ4v) is 1.17. The van der Waals surface area contributed by atoms with E-state index in [1.807, 2.05) is 20.8 Å². The second-order valence-corrected chi connectivity index (χ2v) is 5.13. The molecule has 0 bridgehead atoms. The number of ether oxygens (including phenoxy) is 2. The van der Waals surface area contributed by atoms with Crippen LogP contribution in [0.5, 0.6) is 0 Å². The predicted molar refractivity (Wildman–Crippen MR) is 74.7 cm³/mol. The summed E-state index contributed by atoms with van der Waals surface area (Å²) in [6.45, 7) is 8.10. The van der Waals surface area contributed by atoms with Crippen LogP contribution in [0.3, 0.4) is 0 Å². The van der Waals surface area contributed by atoms with Gasteiger partial charge in [0.2, 0.25) is 0 Å². The van der Waals surface area contributed by atoms with Gasteiger partial charge >= 0.3 is 6.09 Å². The maximum Gasteiger partial charge on any atom is 0.407 e. The first kappa shape index (κ1) is 19.5. The Morgan fingerprint density at radius 2 is 1.83 bits per heavy atom. The van der Waals surface area contributed by atoms with Gasteiger partial charge in [0.05, 0.1) is 0 Å². The van der Waals surface area contributed by atoms with E-state index in [0.717, 1.165) is 19.3 Å². The van der Waals surface area contributed by atoms with Gasteiger partial charge in [-0.25, -0.2) is 4.79 Å². The van der Waals surface area contributed by atoms with Crippen molar-refractivity contribution in [1.82, 2.24) is 5.32 Å². The minimum Gasteiger partial charge on any atom is -0.444 e. The number of amides is 1. The molecule has 0 aliphatic rings. The molecule has 0 saturated carbocycles. The molecule has 110 valence electrons. The molecule has 1 amide bonds. The molecule has 0 radical (unpaired) electrons. The fraction of sp³-hybridized carbons (Fsp3) is 0.923. The molecule has 0 saturated heterocycles. The van der Waals surface area contributed by atoms with E-state index in [4.69, 9.17) is 10.5 Å². The smallest absolute Gasteiger partial charge is 0.407 e. The van der Waals surface area contributed by atoms with Crippen molar-refractivity contribution < 1.29 is 14.3 Å². The highest BCUT2D eigenvalue weighted by atomic mass is 16.6. The number of nitrogens with one attached hydrogen (secondary N) is 1. The highest BCUT2D eigenvalue weighted by molar-refractivity contribution is 5.68. The highest BCUT2D eigenvalue weighted by Gasteiger charge is 2.18. The van der Waals surface area contributed by atoms with E-state index in [0.29, 0.717) is 6.54 Å². The van der Waals surface area contributed by atoms with Crippen LogP contribution >= 0.6 is 0 Å². The van der Waals surface area contributed by atoms with Crippen LogP contribution in [0.15, 0.2) is 0 Å². The molecule has 0 rings (SSSR count). The van der Waals surface area contributed by atoms with Crippen LogP contribution in [0.4, 0.5) is 4.79 Å². The summed E-state index contributed by atoms with van der Waals surface area (Å²) in [5.74, 6) is 0. The van der Waals surface area contributed by atoms with Gasteiger partial charge in [-0.1, -0.05) is 19.8 Å². The Labute approximate surface area is 111 Å². The topological polar surface area (TPSA) is 73.6 Å². The van der Waals surface area contributed by atoms with E-state index < -0.39 is 5.60 Å². The number of hydrogen-bond donors (Lipinski definition) is 2. The van der Waals surface area contributed by atoms with E-state index in [1.54, 1.807) is 14.2 Å². The summed E-state index contributed by atoms with van der Waals surface area (Å²) < 4.78 is 9.39. The molecule has 0 spiro atoms. The van der Waals surface area contributed by atoms with E-state index >= 15 is 0 Å². The maximum atomic E-state index is 11.4. The Kier molecular flexibility index (Phi) is 12.2. The summed E-state index contributed by atoms with van der Waals surface area (Å²) in [7, 11) is 3.25. The zero-order valence-electron chi connectivity index (χ0n) is 12.7. The lowest BCUT2D eigenvalue weighted by molar-refractivity contribution is 0.0503. The summed E-state index contributed by atoms with van der Waals surface area (Å²) in [4.78, 5) is 11.4. The van der Waals surface area contributed by atoms with Crippen LogP contribution in [0, 0.1) is 0 Å². The molecule has 1 atom stereocenters. The van der Waals surface area contributed by atoms with Crippen molar-refractivity contribution in [3.05, 3.63) is 0 Å². The number of carbonyl (C=O) groups excluding carboxylic acids is 1. The monoisotopic (exact) mass is 262 g/mol. The number of unbranched alkanes of at least 4 members (excludes halogenated alkanes) is 1. The molecule has 1 unspecified atom stereocenters.